The molecule has 4 N–H and O–H groups in total. The number of para-hydroxylation sites is 1. The second-order valence-electron chi connectivity index (χ2n) is 8.19. The summed E-state index contributed by atoms with van der Waals surface area (Å²) in [5.41, 5.74) is 7.79. The average molecular weight is 454 g/mol. The normalized spacial score (nSPS) is 14.8. The zero-order chi connectivity index (χ0) is 23.1. The predicted molar refractivity (Wildman–Crippen MR) is 123 cm³/mol. The Labute approximate surface area is 185 Å². The number of carbonyl (C=O) groups is 1. The van der Waals surface area contributed by atoms with Crippen LogP contribution >= 0.6 is 0 Å². The van der Waals surface area contributed by atoms with E-state index >= 15 is 0 Å². The Balaban J connectivity index is 1.54. The third-order valence-corrected chi connectivity index (χ3v) is 5.78. The number of hydrogen-bond acceptors (Lipinski definition) is 6. The number of aromatic nitrogens is 1. The summed E-state index contributed by atoms with van der Waals surface area (Å²) in [5.74, 6) is -0.0437. The molecule has 9 nitrogen and oxygen atoms in total. The largest absolute Gasteiger partial charge is 0.490 e. The van der Waals surface area contributed by atoms with Crippen molar-refractivity contribution in [1.29, 1.82) is 0 Å². The van der Waals surface area contributed by atoms with Crippen molar-refractivity contribution in [2.45, 2.75) is 26.3 Å². The molecule has 1 aromatic heterocycles. The first-order valence-electron chi connectivity index (χ1n) is 9.88. The molecule has 0 atom stereocenters. The molecule has 1 amide bonds. The van der Waals surface area contributed by atoms with E-state index in [9.17, 15) is 13.2 Å². The van der Waals surface area contributed by atoms with E-state index in [-0.39, 0.29) is 24.0 Å². The summed E-state index contributed by atoms with van der Waals surface area (Å²) in [6.07, 6.45) is 0. The van der Waals surface area contributed by atoms with Crippen molar-refractivity contribution >= 4 is 38.5 Å². The number of hydrogen-bond donors (Lipinski definition) is 3. The number of ether oxygens (including phenoxy) is 1. The van der Waals surface area contributed by atoms with Crippen molar-refractivity contribution in [1.82, 2.24) is 10.3 Å². The van der Waals surface area contributed by atoms with Crippen LogP contribution in [0, 0.1) is 6.92 Å². The summed E-state index contributed by atoms with van der Waals surface area (Å²) in [6.45, 7) is 5.61. The summed E-state index contributed by atoms with van der Waals surface area (Å²) in [4.78, 5) is 17.6. The van der Waals surface area contributed by atoms with Crippen LogP contribution in [-0.2, 0) is 10.2 Å². The van der Waals surface area contributed by atoms with Gasteiger partial charge in [0.05, 0.1) is 27.9 Å². The minimum Gasteiger partial charge on any atom is -0.490 e. The van der Waals surface area contributed by atoms with Gasteiger partial charge in [0.2, 0.25) is 0 Å². The number of nitrogens with two attached hydrogens (primary N) is 1. The molecule has 1 aliphatic rings. The lowest BCUT2D eigenvalue weighted by molar-refractivity contribution is 0.0882. The van der Waals surface area contributed by atoms with E-state index in [1.165, 1.54) is 0 Å². The Kier molecular flexibility index (Phi) is 5.25. The number of benzene rings is 2. The molecule has 0 radical (unpaired) electrons. The van der Waals surface area contributed by atoms with Crippen LogP contribution in [0.3, 0.4) is 0 Å². The molecule has 166 valence electrons. The Morgan fingerprint density at radius 3 is 2.72 bits per heavy atom. The predicted octanol–water partition coefficient (Wildman–Crippen LogP) is 2.51. The number of nitrogens with one attached hydrogen (secondary N) is 2. The van der Waals surface area contributed by atoms with Crippen LogP contribution in [0.2, 0.25) is 0 Å². The fourth-order valence-corrected chi connectivity index (χ4v) is 4.35. The number of pyridine rings is 1. The third-order valence-electron chi connectivity index (χ3n) is 4.87. The molecule has 32 heavy (non-hydrogen) atoms. The van der Waals surface area contributed by atoms with Gasteiger partial charge in [-0.05, 0) is 45.0 Å². The molecule has 2 heterocycles. The Morgan fingerprint density at radius 1 is 1.19 bits per heavy atom. The van der Waals surface area contributed by atoms with E-state index in [4.69, 9.17) is 10.5 Å². The SMILES string of the molecule is Cc1cc(C(=O)NC(C)(C)COc2cccc3c2C(N)=NS(=O)(=O)N3)c2ccccc2n1. The first-order valence-corrected chi connectivity index (χ1v) is 11.3. The first kappa shape index (κ1) is 21.6. The van der Waals surface area contributed by atoms with Gasteiger partial charge in [-0.3, -0.25) is 14.5 Å². The van der Waals surface area contributed by atoms with Crippen molar-refractivity contribution in [3.8, 4) is 5.75 Å². The average Bonchev–Trinajstić information content (AvgIpc) is 2.70. The quantitative estimate of drug-likeness (QED) is 0.543. The zero-order valence-electron chi connectivity index (χ0n) is 17.8. The molecule has 3 aromatic rings. The van der Waals surface area contributed by atoms with Crippen LogP contribution in [-0.4, -0.2) is 37.3 Å². The Hall–Kier alpha value is -3.66. The van der Waals surface area contributed by atoms with Gasteiger partial charge in [0.1, 0.15) is 12.4 Å². The van der Waals surface area contributed by atoms with Gasteiger partial charge in [-0.2, -0.15) is 8.42 Å². The third kappa shape index (κ3) is 4.35. The Morgan fingerprint density at radius 2 is 1.94 bits per heavy atom. The van der Waals surface area contributed by atoms with Gasteiger partial charge in [0.15, 0.2) is 5.84 Å². The molecule has 0 bridgehead atoms. The minimum atomic E-state index is -3.88. The van der Waals surface area contributed by atoms with E-state index in [1.54, 1.807) is 24.3 Å². The number of nitrogens with zero attached hydrogens (tertiary/aromatic N) is 2. The van der Waals surface area contributed by atoms with E-state index in [1.807, 2.05) is 45.0 Å². The number of aryl methyl sites for hydroxylation is 1. The smallest absolute Gasteiger partial charge is 0.344 e. The molecule has 0 aliphatic carbocycles. The molecule has 0 saturated heterocycles. The molecule has 4 rings (SSSR count). The fourth-order valence-electron chi connectivity index (χ4n) is 3.50. The van der Waals surface area contributed by atoms with E-state index in [2.05, 4.69) is 19.4 Å². The minimum absolute atomic E-state index is 0.108. The van der Waals surface area contributed by atoms with E-state index < -0.39 is 15.7 Å². The first-order chi connectivity index (χ1) is 15.0. The molecular formula is C22H23N5O4S. The summed E-state index contributed by atoms with van der Waals surface area (Å²) in [5, 5.41) is 3.77. The number of rotatable bonds is 5. The lowest BCUT2D eigenvalue weighted by Crippen LogP contribution is -2.48. The fraction of sp³-hybridized carbons (Fsp3) is 0.227. The van der Waals surface area contributed by atoms with Gasteiger partial charge in [0, 0.05) is 11.1 Å². The number of carbonyl (C=O) groups excluding carboxylic acids is 1. The lowest BCUT2D eigenvalue weighted by Gasteiger charge is -2.28. The zero-order valence-corrected chi connectivity index (χ0v) is 18.7. The van der Waals surface area contributed by atoms with E-state index in [0.29, 0.717) is 16.9 Å². The van der Waals surface area contributed by atoms with Crippen LogP contribution < -0.4 is 20.5 Å². The van der Waals surface area contributed by atoms with Crippen LogP contribution in [0.25, 0.3) is 10.9 Å². The molecule has 1 aliphatic heterocycles. The standard InChI is InChI=1S/C22H23N5O4S/c1-13-11-15(14-7-4-5-8-16(14)24-13)21(28)25-22(2,3)12-31-18-10-6-9-17-19(18)20(23)27-32(29,30)26-17/h4-11,26H,12H2,1-3H3,(H2,23,27)(H,25,28). The topological polar surface area (TPSA) is 136 Å². The maximum absolute atomic E-state index is 13.1. The second-order valence-corrected chi connectivity index (χ2v) is 9.52. The van der Waals surface area contributed by atoms with Crippen LogP contribution in [0.4, 0.5) is 5.69 Å². The number of amidine groups is 1. The van der Waals surface area contributed by atoms with Crippen molar-refractivity contribution in [3.05, 3.63) is 65.4 Å². The molecule has 0 saturated carbocycles. The van der Waals surface area contributed by atoms with Crippen LogP contribution in [0.15, 0.2) is 52.9 Å². The lowest BCUT2D eigenvalue weighted by atomic mass is 10.0. The molecule has 10 heteroatoms. The van der Waals surface area contributed by atoms with Crippen molar-refractivity contribution in [2.24, 2.45) is 10.1 Å². The van der Waals surface area contributed by atoms with Crippen molar-refractivity contribution < 1.29 is 17.9 Å². The number of fused-ring (bicyclic) bond motifs is 2. The second kappa shape index (κ2) is 7.79. The maximum atomic E-state index is 13.1. The molecular weight excluding hydrogens is 430 g/mol. The number of anilines is 1. The highest BCUT2D eigenvalue weighted by molar-refractivity contribution is 7.91. The van der Waals surface area contributed by atoms with Gasteiger partial charge < -0.3 is 15.8 Å². The summed E-state index contributed by atoms with van der Waals surface area (Å²) >= 11 is 0. The highest BCUT2D eigenvalue weighted by atomic mass is 32.2. The van der Waals surface area contributed by atoms with Gasteiger partial charge in [-0.15, -0.1) is 4.40 Å². The molecule has 0 spiro atoms. The maximum Gasteiger partial charge on any atom is 0.344 e. The van der Waals surface area contributed by atoms with Crippen LogP contribution in [0.1, 0.15) is 35.5 Å². The van der Waals surface area contributed by atoms with Gasteiger partial charge >= 0.3 is 10.2 Å². The van der Waals surface area contributed by atoms with E-state index in [0.717, 1.165) is 16.6 Å². The Bertz CT molecular complexity index is 1370. The van der Waals surface area contributed by atoms with Crippen LogP contribution in [0.5, 0.6) is 5.75 Å². The molecule has 2 aromatic carbocycles. The highest BCUT2D eigenvalue weighted by Crippen LogP contribution is 2.31. The molecule has 0 fully saturated rings. The summed E-state index contributed by atoms with van der Waals surface area (Å²) in [7, 11) is -3.88. The number of amides is 1. The molecule has 0 unspecified atom stereocenters. The highest BCUT2D eigenvalue weighted by Gasteiger charge is 2.27. The van der Waals surface area contributed by atoms with Gasteiger partial charge in [-0.1, -0.05) is 24.3 Å². The summed E-state index contributed by atoms with van der Waals surface area (Å²) in [6, 6.07) is 14.1. The van der Waals surface area contributed by atoms with Crippen molar-refractivity contribution in [3.63, 3.8) is 0 Å². The van der Waals surface area contributed by atoms with Gasteiger partial charge in [-0.25, -0.2) is 0 Å². The summed E-state index contributed by atoms with van der Waals surface area (Å²) < 4.78 is 35.3. The van der Waals surface area contributed by atoms with Gasteiger partial charge in [0.25, 0.3) is 5.91 Å². The monoisotopic (exact) mass is 453 g/mol. The van der Waals surface area contributed by atoms with Crippen molar-refractivity contribution in [2.75, 3.05) is 11.3 Å².